The van der Waals surface area contributed by atoms with Crippen LogP contribution in [0.25, 0.3) is 0 Å². The van der Waals surface area contributed by atoms with E-state index >= 15 is 0 Å². The monoisotopic (exact) mass is 304 g/mol. The first-order valence-corrected chi connectivity index (χ1v) is 6.76. The molecule has 22 heavy (non-hydrogen) atoms. The van der Waals surface area contributed by atoms with Crippen LogP contribution in [0.2, 0.25) is 0 Å². The highest BCUT2D eigenvalue weighted by molar-refractivity contribution is 5.52. The predicted octanol–water partition coefficient (Wildman–Crippen LogP) is 1.85. The molecule has 4 N–H and O–H groups in total. The Morgan fingerprint density at radius 2 is 1.86 bits per heavy atom. The molecule has 3 rings (SSSR count). The van der Waals surface area contributed by atoms with Crippen LogP contribution in [0, 0.1) is 0 Å². The highest BCUT2D eigenvalue weighted by atomic mass is 16.5. The molecule has 116 valence electrons. The summed E-state index contributed by atoms with van der Waals surface area (Å²) in [7, 11) is 1.48. The minimum absolute atomic E-state index is 0.000654. The highest BCUT2D eigenvalue weighted by Crippen LogP contribution is 2.43. The molecule has 1 aliphatic heterocycles. The van der Waals surface area contributed by atoms with E-state index in [4.69, 9.17) is 9.47 Å². The summed E-state index contributed by atoms with van der Waals surface area (Å²) >= 11 is 0. The maximum Gasteiger partial charge on any atom is 0.157 e. The first-order valence-electron chi connectivity index (χ1n) is 6.76. The van der Waals surface area contributed by atoms with Gasteiger partial charge in [0, 0.05) is 24.1 Å². The maximum atomic E-state index is 10.3. The Labute approximate surface area is 126 Å². The first-order chi connectivity index (χ1) is 10.5. The molecule has 0 aliphatic carbocycles. The highest BCUT2D eigenvalue weighted by Gasteiger charge is 2.32. The van der Waals surface area contributed by atoms with Crippen molar-refractivity contribution in [3.63, 3.8) is 0 Å². The SMILES string of the molecule is COc1cc(O)cc2c1C[C@@H](O)[C@@H](c1ccc(O)c(O)c1)O2. The second-order valence-corrected chi connectivity index (χ2v) is 5.18. The van der Waals surface area contributed by atoms with E-state index in [9.17, 15) is 20.4 Å². The van der Waals surface area contributed by atoms with Crippen molar-refractivity contribution in [3.05, 3.63) is 41.5 Å². The van der Waals surface area contributed by atoms with Crippen molar-refractivity contribution in [1.82, 2.24) is 0 Å². The van der Waals surface area contributed by atoms with Gasteiger partial charge in [0.25, 0.3) is 0 Å². The Bertz CT molecular complexity index is 712. The van der Waals surface area contributed by atoms with Crippen LogP contribution in [0.1, 0.15) is 17.2 Å². The molecule has 0 saturated heterocycles. The minimum Gasteiger partial charge on any atom is -0.508 e. The number of benzene rings is 2. The third kappa shape index (κ3) is 2.37. The Balaban J connectivity index is 2.00. The smallest absolute Gasteiger partial charge is 0.157 e. The molecular formula is C16H16O6. The lowest BCUT2D eigenvalue weighted by Gasteiger charge is -2.31. The summed E-state index contributed by atoms with van der Waals surface area (Å²) in [6.07, 6.45) is -1.29. The number of ether oxygens (including phenoxy) is 2. The van der Waals surface area contributed by atoms with Crippen LogP contribution >= 0.6 is 0 Å². The van der Waals surface area contributed by atoms with Crippen LogP contribution in [0.4, 0.5) is 0 Å². The number of aliphatic hydroxyl groups is 1. The van der Waals surface area contributed by atoms with Crippen LogP contribution in [0.5, 0.6) is 28.7 Å². The number of fused-ring (bicyclic) bond motifs is 1. The summed E-state index contributed by atoms with van der Waals surface area (Å²) in [6, 6.07) is 7.15. The van der Waals surface area contributed by atoms with Crippen LogP contribution < -0.4 is 9.47 Å². The molecule has 1 heterocycles. The van der Waals surface area contributed by atoms with Crippen LogP contribution in [-0.4, -0.2) is 33.6 Å². The van der Waals surface area contributed by atoms with E-state index in [-0.39, 0.29) is 23.7 Å². The average Bonchev–Trinajstić information content (AvgIpc) is 2.49. The number of methoxy groups -OCH3 is 1. The second kappa shape index (κ2) is 5.31. The molecule has 0 fully saturated rings. The van der Waals surface area contributed by atoms with Crippen molar-refractivity contribution in [2.24, 2.45) is 0 Å². The summed E-state index contributed by atoms with van der Waals surface area (Å²) in [6.45, 7) is 0. The van der Waals surface area contributed by atoms with E-state index in [1.54, 1.807) is 6.07 Å². The lowest BCUT2D eigenvalue weighted by molar-refractivity contribution is 0.0197. The molecule has 0 saturated carbocycles. The van der Waals surface area contributed by atoms with Gasteiger partial charge in [-0.1, -0.05) is 6.07 Å². The van der Waals surface area contributed by atoms with E-state index in [2.05, 4.69) is 0 Å². The van der Waals surface area contributed by atoms with E-state index in [0.29, 0.717) is 22.6 Å². The number of rotatable bonds is 2. The Kier molecular flexibility index (Phi) is 3.46. The number of hydrogen-bond acceptors (Lipinski definition) is 6. The molecule has 1 aliphatic rings. The van der Waals surface area contributed by atoms with Gasteiger partial charge in [0.05, 0.1) is 13.2 Å². The predicted molar refractivity (Wildman–Crippen MR) is 77.5 cm³/mol. The molecule has 0 radical (unpaired) electrons. The van der Waals surface area contributed by atoms with Gasteiger partial charge in [-0.2, -0.15) is 0 Å². The lowest BCUT2D eigenvalue weighted by atomic mass is 9.94. The van der Waals surface area contributed by atoms with E-state index < -0.39 is 12.2 Å². The van der Waals surface area contributed by atoms with Crippen molar-refractivity contribution >= 4 is 0 Å². The number of phenolic OH excluding ortho intramolecular Hbond substituents is 3. The molecule has 0 amide bonds. The molecule has 2 aromatic carbocycles. The van der Waals surface area contributed by atoms with Crippen LogP contribution in [0.15, 0.2) is 30.3 Å². The standard InChI is InChI=1S/C16H16O6/c1-21-14-5-9(17)6-15-10(14)7-13(20)16(22-15)8-2-3-11(18)12(19)4-8/h2-6,13,16-20H,7H2,1H3/t13-,16-/m1/s1. The zero-order chi connectivity index (χ0) is 15.9. The molecule has 0 spiro atoms. The molecular weight excluding hydrogens is 288 g/mol. The number of aliphatic hydroxyl groups excluding tert-OH is 1. The molecule has 0 unspecified atom stereocenters. The van der Waals surface area contributed by atoms with Crippen molar-refractivity contribution < 1.29 is 29.9 Å². The van der Waals surface area contributed by atoms with Gasteiger partial charge in [0.2, 0.25) is 0 Å². The van der Waals surface area contributed by atoms with Gasteiger partial charge in [-0.25, -0.2) is 0 Å². The van der Waals surface area contributed by atoms with E-state index in [0.717, 1.165) is 0 Å². The van der Waals surface area contributed by atoms with Gasteiger partial charge in [-0.15, -0.1) is 0 Å². The lowest BCUT2D eigenvalue weighted by Crippen LogP contribution is -2.30. The molecule has 6 heteroatoms. The summed E-state index contributed by atoms with van der Waals surface area (Å²) in [4.78, 5) is 0. The zero-order valence-corrected chi connectivity index (χ0v) is 11.9. The largest absolute Gasteiger partial charge is 0.508 e. The average molecular weight is 304 g/mol. The van der Waals surface area contributed by atoms with Crippen LogP contribution in [-0.2, 0) is 6.42 Å². The molecule has 0 bridgehead atoms. The number of phenols is 3. The fourth-order valence-corrected chi connectivity index (χ4v) is 2.63. The summed E-state index contributed by atoms with van der Waals surface area (Å²) in [5, 5.41) is 39.0. The summed E-state index contributed by atoms with van der Waals surface area (Å²) in [5.74, 6) is 0.335. The van der Waals surface area contributed by atoms with E-state index in [1.165, 1.54) is 31.4 Å². The quantitative estimate of drug-likeness (QED) is 0.632. The number of hydrogen-bond donors (Lipinski definition) is 4. The van der Waals surface area contributed by atoms with Gasteiger partial charge in [0.1, 0.15) is 23.4 Å². The van der Waals surface area contributed by atoms with Crippen molar-refractivity contribution in [3.8, 4) is 28.7 Å². The Morgan fingerprint density at radius 3 is 2.55 bits per heavy atom. The normalized spacial score (nSPS) is 20.1. The van der Waals surface area contributed by atoms with Gasteiger partial charge in [0.15, 0.2) is 11.5 Å². The fraction of sp³-hybridized carbons (Fsp3) is 0.250. The Morgan fingerprint density at radius 1 is 1.09 bits per heavy atom. The fourth-order valence-electron chi connectivity index (χ4n) is 2.63. The maximum absolute atomic E-state index is 10.3. The first kappa shape index (κ1) is 14.3. The molecule has 0 aromatic heterocycles. The summed E-state index contributed by atoms with van der Waals surface area (Å²) in [5.41, 5.74) is 1.20. The van der Waals surface area contributed by atoms with E-state index in [1.807, 2.05) is 0 Å². The van der Waals surface area contributed by atoms with Crippen molar-refractivity contribution in [2.75, 3.05) is 7.11 Å². The molecule has 2 atom stereocenters. The molecule has 2 aromatic rings. The zero-order valence-electron chi connectivity index (χ0n) is 11.9. The van der Waals surface area contributed by atoms with Gasteiger partial charge in [-0.3, -0.25) is 0 Å². The number of aromatic hydroxyl groups is 3. The third-order valence-corrected chi connectivity index (χ3v) is 3.72. The van der Waals surface area contributed by atoms with Gasteiger partial charge >= 0.3 is 0 Å². The Hall–Kier alpha value is -2.60. The minimum atomic E-state index is -0.852. The topological polar surface area (TPSA) is 99.4 Å². The van der Waals surface area contributed by atoms with Crippen molar-refractivity contribution in [2.45, 2.75) is 18.6 Å². The third-order valence-electron chi connectivity index (χ3n) is 3.72. The van der Waals surface area contributed by atoms with Gasteiger partial charge < -0.3 is 29.9 Å². The second-order valence-electron chi connectivity index (χ2n) is 5.18. The van der Waals surface area contributed by atoms with Crippen molar-refractivity contribution in [1.29, 1.82) is 0 Å². The summed E-state index contributed by atoms with van der Waals surface area (Å²) < 4.78 is 11.0. The van der Waals surface area contributed by atoms with Crippen LogP contribution in [0.3, 0.4) is 0 Å². The van der Waals surface area contributed by atoms with Gasteiger partial charge in [-0.05, 0) is 17.7 Å². The molecule has 6 nitrogen and oxygen atoms in total.